The first kappa shape index (κ1) is 12.1. The zero-order valence-corrected chi connectivity index (χ0v) is 5.52. The maximum atomic E-state index is 11.8. The largest absolute Gasteiger partial charge is 0.462 e. The Kier molecular flexibility index (Phi) is 3.25. The summed E-state index contributed by atoms with van der Waals surface area (Å²) in [6, 6.07) is -5.45. The van der Waals surface area contributed by atoms with Crippen LogP contribution >= 0.6 is 0 Å². The Morgan fingerprint density at radius 3 is 1.46 bits per heavy atom. The number of alkyl halides is 5. The predicted octanol–water partition coefficient (Wildman–Crippen LogP) is 2.77. The highest BCUT2D eigenvalue weighted by molar-refractivity contribution is 5.03. The van der Waals surface area contributed by atoms with Crippen molar-refractivity contribution in [2.24, 2.45) is 0 Å². The fourth-order valence-corrected chi connectivity index (χ4v) is 0.352. The number of halogens is 8. The molecule has 0 bridgehead atoms. The van der Waals surface area contributed by atoms with Crippen LogP contribution in [0.3, 0.4) is 0 Å². The van der Waals surface area contributed by atoms with Gasteiger partial charge in [0.05, 0.1) is 0 Å². The lowest BCUT2D eigenvalue weighted by molar-refractivity contribution is -0.215. The molecule has 0 aliphatic heterocycles. The molecule has 0 atom stereocenters. The van der Waals surface area contributed by atoms with E-state index in [2.05, 4.69) is 0 Å². The molecule has 1 N–H and O–H groups in total. The summed E-state index contributed by atoms with van der Waals surface area (Å²) in [6.45, 7) is 0. The van der Waals surface area contributed by atoms with E-state index in [1.165, 1.54) is 0 Å². The summed E-state index contributed by atoms with van der Waals surface area (Å²) in [4.78, 5) is 0. The molecular formula is C4HF8N. The van der Waals surface area contributed by atoms with E-state index >= 15 is 0 Å². The summed E-state index contributed by atoms with van der Waals surface area (Å²) in [5, 5.41) is -0.570. The molecule has 13 heavy (non-hydrogen) atoms. The van der Waals surface area contributed by atoms with Crippen LogP contribution in [0.4, 0.5) is 35.1 Å². The Morgan fingerprint density at radius 1 is 0.846 bits per heavy atom. The average molecular weight is 215 g/mol. The van der Waals surface area contributed by atoms with Gasteiger partial charge in [-0.25, -0.2) is 0 Å². The molecule has 0 saturated heterocycles. The molecule has 0 amide bonds. The van der Waals surface area contributed by atoms with Gasteiger partial charge in [0.25, 0.3) is 5.83 Å². The lowest BCUT2D eigenvalue weighted by Gasteiger charge is -2.16. The summed E-state index contributed by atoms with van der Waals surface area (Å²) in [5.74, 6) is -3.45. The predicted molar refractivity (Wildman–Crippen MR) is 24.5 cm³/mol. The van der Waals surface area contributed by atoms with E-state index in [1.54, 1.807) is 0 Å². The van der Waals surface area contributed by atoms with E-state index in [-0.39, 0.29) is 0 Å². The molecule has 9 heteroatoms. The van der Waals surface area contributed by atoms with Crippen molar-refractivity contribution in [1.29, 1.82) is 0 Å². The van der Waals surface area contributed by atoms with E-state index in [0.717, 1.165) is 0 Å². The van der Waals surface area contributed by atoms with Crippen molar-refractivity contribution in [1.82, 2.24) is 5.32 Å². The molecule has 0 radical (unpaired) electrons. The molecule has 0 saturated carbocycles. The Hall–Kier alpha value is -0.860. The highest BCUT2D eigenvalue weighted by Crippen LogP contribution is 2.30. The Morgan fingerprint density at radius 2 is 1.23 bits per heavy atom. The fraction of sp³-hybridized carbons (Fsp3) is 0.500. The Bertz CT molecular complexity index is 211. The van der Waals surface area contributed by atoms with Crippen molar-refractivity contribution in [3.8, 4) is 0 Å². The summed E-state index contributed by atoms with van der Waals surface area (Å²) < 4.78 is 91.0. The number of hydrogen-bond acceptors (Lipinski definition) is 1. The molecule has 0 aliphatic carbocycles. The lowest BCUT2D eigenvalue weighted by atomic mass is 10.5. The van der Waals surface area contributed by atoms with Crippen LogP contribution in [0.5, 0.6) is 0 Å². The topological polar surface area (TPSA) is 12.0 Å². The summed E-state index contributed by atoms with van der Waals surface area (Å²) in [6.07, 6.45) is -9.17. The van der Waals surface area contributed by atoms with E-state index in [9.17, 15) is 35.1 Å². The maximum Gasteiger partial charge on any atom is 0.462 e. The molecule has 0 aromatic rings. The van der Waals surface area contributed by atoms with Crippen molar-refractivity contribution >= 4 is 0 Å². The standard InChI is InChI=1S/C4HF8N/c5-1(2(6)7)3(8,9)13-4(10,11)12/h13H. The molecule has 0 aliphatic rings. The van der Waals surface area contributed by atoms with E-state index < -0.39 is 29.6 Å². The van der Waals surface area contributed by atoms with Crippen molar-refractivity contribution < 1.29 is 35.1 Å². The summed E-state index contributed by atoms with van der Waals surface area (Å²) in [5.41, 5.74) is 0. The van der Waals surface area contributed by atoms with Crippen molar-refractivity contribution in [3.63, 3.8) is 0 Å². The number of rotatable bonds is 2. The first-order valence-corrected chi connectivity index (χ1v) is 2.51. The Balaban J connectivity index is 4.69. The molecule has 0 rings (SSSR count). The van der Waals surface area contributed by atoms with E-state index in [1.807, 2.05) is 0 Å². The van der Waals surface area contributed by atoms with Crippen LogP contribution in [0.25, 0.3) is 0 Å². The third-order valence-electron chi connectivity index (χ3n) is 0.740. The summed E-state index contributed by atoms with van der Waals surface area (Å²) in [7, 11) is 0. The van der Waals surface area contributed by atoms with Gasteiger partial charge in [-0.15, -0.1) is 0 Å². The van der Waals surface area contributed by atoms with Gasteiger partial charge in [0.1, 0.15) is 0 Å². The Labute approximate surface area is 66.0 Å². The van der Waals surface area contributed by atoms with Crippen LogP contribution in [-0.4, -0.2) is 12.3 Å². The zero-order valence-electron chi connectivity index (χ0n) is 5.52. The van der Waals surface area contributed by atoms with Gasteiger partial charge in [-0.2, -0.15) is 40.4 Å². The molecule has 0 heterocycles. The molecule has 0 aromatic carbocycles. The van der Waals surface area contributed by atoms with Crippen molar-refractivity contribution in [2.75, 3.05) is 0 Å². The first-order chi connectivity index (χ1) is 5.56. The monoisotopic (exact) mass is 215 g/mol. The second-order valence-corrected chi connectivity index (χ2v) is 1.77. The third kappa shape index (κ3) is 4.06. The van der Waals surface area contributed by atoms with Gasteiger partial charge in [0.15, 0.2) is 0 Å². The fourth-order valence-electron chi connectivity index (χ4n) is 0.352. The molecule has 0 spiro atoms. The van der Waals surface area contributed by atoms with Gasteiger partial charge in [0.2, 0.25) is 0 Å². The van der Waals surface area contributed by atoms with E-state index in [4.69, 9.17) is 0 Å². The molecule has 0 unspecified atom stereocenters. The SMILES string of the molecule is FC(F)=C(F)C(F)(F)NC(F)(F)F. The zero-order chi connectivity index (χ0) is 10.9. The normalized spacial score (nSPS) is 12.9. The quantitative estimate of drug-likeness (QED) is 0.551. The van der Waals surface area contributed by atoms with Crippen LogP contribution in [0, 0.1) is 0 Å². The highest BCUT2D eigenvalue weighted by atomic mass is 19.4. The van der Waals surface area contributed by atoms with Crippen molar-refractivity contribution in [3.05, 3.63) is 11.9 Å². The molecule has 1 nitrogen and oxygen atoms in total. The van der Waals surface area contributed by atoms with Gasteiger partial charge in [0, 0.05) is 0 Å². The second kappa shape index (κ2) is 3.48. The number of nitrogens with one attached hydrogen (secondary N) is 1. The van der Waals surface area contributed by atoms with Crippen LogP contribution in [0.2, 0.25) is 0 Å². The minimum atomic E-state index is -5.66. The third-order valence-corrected chi connectivity index (χ3v) is 0.740. The molecule has 0 aromatic heterocycles. The van der Waals surface area contributed by atoms with Crippen molar-refractivity contribution in [2.45, 2.75) is 12.3 Å². The van der Waals surface area contributed by atoms with Gasteiger partial charge < -0.3 is 0 Å². The second-order valence-electron chi connectivity index (χ2n) is 1.77. The smallest absolute Gasteiger partial charge is 0.197 e. The van der Waals surface area contributed by atoms with Gasteiger partial charge in [-0.1, -0.05) is 0 Å². The van der Waals surface area contributed by atoms with Gasteiger partial charge >= 0.3 is 18.4 Å². The highest BCUT2D eigenvalue weighted by Gasteiger charge is 2.48. The first-order valence-electron chi connectivity index (χ1n) is 2.51. The van der Waals surface area contributed by atoms with Crippen LogP contribution in [0.1, 0.15) is 0 Å². The number of hydrogen-bond donors (Lipinski definition) is 1. The average Bonchev–Trinajstić information content (AvgIpc) is 1.80. The van der Waals surface area contributed by atoms with Crippen LogP contribution in [-0.2, 0) is 0 Å². The van der Waals surface area contributed by atoms with Gasteiger partial charge in [-0.3, -0.25) is 0 Å². The summed E-state index contributed by atoms with van der Waals surface area (Å²) >= 11 is 0. The van der Waals surface area contributed by atoms with Crippen LogP contribution in [0.15, 0.2) is 11.9 Å². The minimum absolute atomic E-state index is 0.570. The van der Waals surface area contributed by atoms with Crippen LogP contribution < -0.4 is 5.32 Å². The molecule has 78 valence electrons. The minimum Gasteiger partial charge on any atom is -0.197 e. The molecule has 0 fully saturated rings. The van der Waals surface area contributed by atoms with Gasteiger partial charge in [-0.05, 0) is 0 Å². The maximum absolute atomic E-state index is 11.8. The molecular weight excluding hydrogens is 214 g/mol. The lowest BCUT2D eigenvalue weighted by Crippen LogP contribution is -2.46. The van der Waals surface area contributed by atoms with E-state index in [0.29, 0.717) is 0 Å².